The van der Waals surface area contributed by atoms with Gasteiger partial charge in [-0.2, -0.15) is 13.1 Å². The zero-order valence-corrected chi connectivity index (χ0v) is 9.44. The molecule has 0 bridgehead atoms. The molecule has 0 unspecified atom stereocenters. The molecule has 0 aromatic heterocycles. The van der Waals surface area contributed by atoms with Crippen molar-refractivity contribution >= 4 is 10.3 Å². The molecule has 0 aliphatic rings. The molecule has 0 fully saturated rings. The molecule has 16 heavy (non-hydrogen) atoms. The fourth-order valence-electron chi connectivity index (χ4n) is 1.23. The number of benzene rings is 1. The maximum Gasteiger partial charge on any atom is 0.333 e. The minimum Gasteiger partial charge on any atom is -0.312 e. The minimum absolute atomic E-state index is 0.146. The molecule has 0 amide bonds. The van der Waals surface area contributed by atoms with Crippen LogP contribution in [0.25, 0.3) is 0 Å². The first-order valence-corrected chi connectivity index (χ1v) is 6.14. The van der Waals surface area contributed by atoms with Crippen LogP contribution in [0.1, 0.15) is 17.3 Å². The summed E-state index contributed by atoms with van der Waals surface area (Å²) in [5.41, 5.74) is 12.7. The minimum atomic E-state index is -4.11. The van der Waals surface area contributed by atoms with Crippen LogP contribution in [0.15, 0.2) is 24.3 Å². The van der Waals surface area contributed by atoms with E-state index in [4.69, 9.17) is 16.0 Å². The zero-order chi connectivity index (χ0) is 12.2. The summed E-state index contributed by atoms with van der Waals surface area (Å²) in [5.74, 6) is 0. The Bertz CT molecular complexity index is 428. The Kier molecular flexibility index (Phi) is 4.39. The predicted octanol–water partition coefficient (Wildman–Crippen LogP) is -0.462. The van der Waals surface area contributed by atoms with Crippen LogP contribution in [0.4, 0.5) is 0 Å². The van der Waals surface area contributed by atoms with E-state index in [-0.39, 0.29) is 6.54 Å². The highest BCUT2D eigenvalue weighted by molar-refractivity contribution is 7.83. The lowest BCUT2D eigenvalue weighted by Gasteiger charge is -2.07. The van der Waals surface area contributed by atoms with Gasteiger partial charge in [-0.1, -0.05) is 24.3 Å². The second-order valence-electron chi connectivity index (χ2n) is 3.39. The van der Waals surface area contributed by atoms with Gasteiger partial charge in [0.2, 0.25) is 0 Å². The third-order valence-electron chi connectivity index (χ3n) is 2.06. The summed E-state index contributed by atoms with van der Waals surface area (Å²) in [7, 11) is -4.11. The number of rotatable bonds is 5. The molecule has 0 aliphatic heterocycles. The lowest BCUT2D eigenvalue weighted by atomic mass is 10.1. The van der Waals surface area contributed by atoms with E-state index in [9.17, 15) is 8.42 Å². The lowest BCUT2D eigenvalue weighted by Crippen LogP contribution is -2.24. The largest absolute Gasteiger partial charge is 0.333 e. The third-order valence-corrected chi connectivity index (χ3v) is 2.63. The Morgan fingerprint density at radius 3 is 2.25 bits per heavy atom. The second kappa shape index (κ2) is 5.37. The normalized spacial score (nSPS) is 12.0. The predicted molar refractivity (Wildman–Crippen MR) is 60.8 cm³/mol. The summed E-state index contributed by atoms with van der Waals surface area (Å²) in [5, 5.41) is 0. The SMILES string of the molecule is NC(N)c1ccc(CCNS(=O)(=O)O)cc1. The molecule has 1 rings (SSSR count). The standard InChI is InChI=1S/C9H15N3O3S/c10-9(11)8-3-1-7(2-4-8)5-6-12-16(13,14)15/h1-4,9,12H,5-6,10-11H2,(H,13,14,15). The average Bonchev–Trinajstić information content (AvgIpc) is 2.16. The zero-order valence-electron chi connectivity index (χ0n) is 8.63. The summed E-state index contributed by atoms with van der Waals surface area (Å²) in [6, 6.07) is 7.20. The van der Waals surface area contributed by atoms with Gasteiger partial charge in [-0.05, 0) is 17.5 Å². The van der Waals surface area contributed by atoms with Gasteiger partial charge >= 0.3 is 10.3 Å². The molecule has 1 aromatic rings. The molecule has 7 heteroatoms. The molecule has 0 radical (unpaired) electrons. The summed E-state index contributed by atoms with van der Waals surface area (Å²) in [6.07, 6.45) is -0.0233. The van der Waals surface area contributed by atoms with Crippen molar-refractivity contribution in [3.63, 3.8) is 0 Å². The Balaban J connectivity index is 2.50. The molecule has 6 N–H and O–H groups in total. The van der Waals surface area contributed by atoms with Gasteiger partial charge in [-0.3, -0.25) is 4.55 Å². The smallest absolute Gasteiger partial charge is 0.312 e. The summed E-state index contributed by atoms with van der Waals surface area (Å²) in [4.78, 5) is 0. The van der Waals surface area contributed by atoms with Crippen LogP contribution in [-0.2, 0) is 16.7 Å². The van der Waals surface area contributed by atoms with Gasteiger partial charge in [0.1, 0.15) is 0 Å². The Morgan fingerprint density at radius 1 is 1.25 bits per heavy atom. The van der Waals surface area contributed by atoms with Gasteiger partial charge in [-0.15, -0.1) is 0 Å². The van der Waals surface area contributed by atoms with E-state index in [1.807, 2.05) is 16.9 Å². The van der Waals surface area contributed by atoms with Crippen molar-refractivity contribution in [2.75, 3.05) is 6.54 Å². The van der Waals surface area contributed by atoms with Crippen LogP contribution >= 0.6 is 0 Å². The fourth-order valence-corrected chi connectivity index (χ4v) is 1.59. The van der Waals surface area contributed by atoms with Crippen LogP contribution in [0.2, 0.25) is 0 Å². The number of hydrogen-bond donors (Lipinski definition) is 4. The van der Waals surface area contributed by atoms with E-state index in [2.05, 4.69) is 0 Å². The van der Waals surface area contributed by atoms with Gasteiger partial charge < -0.3 is 11.5 Å². The van der Waals surface area contributed by atoms with Gasteiger partial charge in [0.15, 0.2) is 0 Å². The van der Waals surface area contributed by atoms with Gasteiger partial charge in [0.25, 0.3) is 0 Å². The van der Waals surface area contributed by atoms with E-state index in [0.717, 1.165) is 11.1 Å². The number of nitrogens with two attached hydrogens (primary N) is 2. The molecule has 0 atom stereocenters. The quantitative estimate of drug-likeness (QED) is 0.413. The molecule has 0 aliphatic carbocycles. The molecule has 0 saturated carbocycles. The van der Waals surface area contributed by atoms with Crippen LogP contribution in [0.5, 0.6) is 0 Å². The van der Waals surface area contributed by atoms with Gasteiger partial charge in [0, 0.05) is 6.54 Å². The molecule has 1 aromatic carbocycles. The first-order valence-electron chi connectivity index (χ1n) is 4.70. The fraction of sp³-hybridized carbons (Fsp3) is 0.333. The first kappa shape index (κ1) is 13.1. The molecular weight excluding hydrogens is 230 g/mol. The van der Waals surface area contributed by atoms with Crippen molar-refractivity contribution in [1.82, 2.24) is 4.72 Å². The topological polar surface area (TPSA) is 118 Å². The molecule has 0 heterocycles. The van der Waals surface area contributed by atoms with Crippen molar-refractivity contribution in [3.05, 3.63) is 35.4 Å². The van der Waals surface area contributed by atoms with Crippen LogP contribution in [-0.4, -0.2) is 19.5 Å². The molecule has 0 spiro atoms. The summed E-state index contributed by atoms with van der Waals surface area (Å²) < 4.78 is 31.2. The highest BCUT2D eigenvalue weighted by Crippen LogP contribution is 2.08. The van der Waals surface area contributed by atoms with Crippen LogP contribution < -0.4 is 16.2 Å². The lowest BCUT2D eigenvalue weighted by molar-refractivity contribution is 0.468. The van der Waals surface area contributed by atoms with Crippen LogP contribution in [0.3, 0.4) is 0 Å². The van der Waals surface area contributed by atoms with E-state index < -0.39 is 16.5 Å². The summed E-state index contributed by atoms with van der Waals surface area (Å²) in [6.45, 7) is 0.146. The molecular formula is C9H15N3O3S. The molecule has 90 valence electrons. The average molecular weight is 245 g/mol. The van der Waals surface area contributed by atoms with Crippen molar-refractivity contribution in [3.8, 4) is 0 Å². The van der Waals surface area contributed by atoms with Crippen molar-refractivity contribution < 1.29 is 13.0 Å². The maximum absolute atomic E-state index is 10.4. The highest BCUT2D eigenvalue weighted by atomic mass is 32.2. The third kappa shape index (κ3) is 4.69. The summed E-state index contributed by atoms with van der Waals surface area (Å²) >= 11 is 0. The van der Waals surface area contributed by atoms with E-state index >= 15 is 0 Å². The Hall–Kier alpha value is -0.990. The van der Waals surface area contributed by atoms with Crippen LogP contribution in [0, 0.1) is 0 Å². The van der Waals surface area contributed by atoms with Crippen molar-refractivity contribution in [1.29, 1.82) is 0 Å². The van der Waals surface area contributed by atoms with E-state index in [0.29, 0.717) is 6.42 Å². The van der Waals surface area contributed by atoms with Gasteiger partial charge in [-0.25, -0.2) is 0 Å². The molecule has 6 nitrogen and oxygen atoms in total. The van der Waals surface area contributed by atoms with Crippen molar-refractivity contribution in [2.24, 2.45) is 11.5 Å². The van der Waals surface area contributed by atoms with E-state index in [1.165, 1.54) is 0 Å². The maximum atomic E-state index is 10.4. The first-order chi connectivity index (χ1) is 7.38. The Morgan fingerprint density at radius 2 is 1.81 bits per heavy atom. The molecule has 0 saturated heterocycles. The highest BCUT2D eigenvalue weighted by Gasteiger charge is 2.03. The van der Waals surface area contributed by atoms with Crippen molar-refractivity contribution in [2.45, 2.75) is 12.6 Å². The van der Waals surface area contributed by atoms with E-state index in [1.54, 1.807) is 12.1 Å². The monoisotopic (exact) mass is 245 g/mol. The second-order valence-corrected chi connectivity index (χ2v) is 4.63. The van der Waals surface area contributed by atoms with Gasteiger partial charge in [0.05, 0.1) is 6.17 Å². The number of nitrogens with one attached hydrogen (secondary N) is 1. The number of hydrogen-bond acceptors (Lipinski definition) is 4. The Labute approximate surface area is 94.5 Å².